The van der Waals surface area contributed by atoms with E-state index >= 15 is 0 Å². The van der Waals surface area contributed by atoms with Crippen molar-refractivity contribution in [3.8, 4) is 5.75 Å². The van der Waals surface area contributed by atoms with Crippen molar-refractivity contribution in [2.45, 2.75) is 25.3 Å². The fourth-order valence-electron chi connectivity index (χ4n) is 4.06. The lowest BCUT2D eigenvalue weighted by molar-refractivity contribution is -0.121. The number of ether oxygens (including phenoxy) is 1. The third-order valence-corrected chi connectivity index (χ3v) is 5.68. The number of piperidine rings is 1. The van der Waals surface area contributed by atoms with Gasteiger partial charge in [0.2, 0.25) is 5.91 Å². The zero-order chi connectivity index (χ0) is 18.4. The molecule has 0 radical (unpaired) electrons. The van der Waals surface area contributed by atoms with Gasteiger partial charge in [-0.15, -0.1) is 0 Å². The predicted octanol–water partition coefficient (Wildman–Crippen LogP) is 1.42. The largest absolute Gasteiger partial charge is 0.497 e. The third kappa shape index (κ3) is 4.89. The van der Waals surface area contributed by atoms with Crippen molar-refractivity contribution in [1.82, 2.24) is 15.1 Å². The first-order valence-electron chi connectivity index (χ1n) is 9.75. The quantitative estimate of drug-likeness (QED) is 0.831. The summed E-state index contributed by atoms with van der Waals surface area (Å²) in [6, 6.07) is 9.00. The molecule has 0 saturated carbocycles. The maximum atomic E-state index is 11.5. The van der Waals surface area contributed by atoms with Gasteiger partial charge >= 0.3 is 0 Å². The number of rotatable bonds is 6. The van der Waals surface area contributed by atoms with Gasteiger partial charge in [0.1, 0.15) is 5.75 Å². The van der Waals surface area contributed by atoms with Gasteiger partial charge in [-0.1, -0.05) is 0 Å². The molecule has 0 aliphatic carbocycles. The van der Waals surface area contributed by atoms with E-state index in [0.717, 1.165) is 51.6 Å². The Morgan fingerprint density at radius 1 is 1.15 bits per heavy atom. The first-order chi connectivity index (χ1) is 12.7. The molecule has 6 heteroatoms. The van der Waals surface area contributed by atoms with Gasteiger partial charge in [-0.2, -0.15) is 0 Å². The highest BCUT2D eigenvalue weighted by atomic mass is 16.5. The van der Waals surface area contributed by atoms with Crippen LogP contribution in [0.4, 0.5) is 5.69 Å². The Bertz CT molecular complexity index is 570. The second-order valence-electron chi connectivity index (χ2n) is 7.24. The predicted molar refractivity (Wildman–Crippen MR) is 105 cm³/mol. The van der Waals surface area contributed by atoms with Gasteiger partial charge in [0.25, 0.3) is 0 Å². The van der Waals surface area contributed by atoms with Crippen LogP contribution >= 0.6 is 0 Å². The Kier molecular flexibility index (Phi) is 6.74. The lowest BCUT2D eigenvalue weighted by atomic mass is 10.0. The minimum Gasteiger partial charge on any atom is -0.497 e. The van der Waals surface area contributed by atoms with Crippen LogP contribution in [0.2, 0.25) is 0 Å². The second kappa shape index (κ2) is 9.24. The van der Waals surface area contributed by atoms with Crippen molar-refractivity contribution in [2.75, 3.05) is 64.9 Å². The fraction of sp³-hybridized carbons (Fsp3) is 0.650. The summed E-state index contributed by atoms with van der Waals surface area (Å²) in [4.78, 5) is 19.1. The number of likely N-dealkylation sites (tertiary alicyclic amines) is 1. The summed E-state index contributed by atoms with van der Waals surface area (Å²) in [5.41, 5.74) is 1.28. The average Bonchev–Trinajstić information content (AvgIpc) is 2.72. The number of benzene rings is 1. The zero-order valence-electron chi connectivity index (χ0n) is 16.1. The molecule has 3 rings (SSSR count). The summed E-state index contributed by atoms with van der Waals surface area (Å²) < 4.78 is 5.25. The molecule has 6 nitrogen and oxygen atoms in total. The summed E-state index contributed by atoms with van der Waals surface area (Å²) >= 11 is 0. The number of hydrogen-bond donors (Lipinski definition) is 1. The number of hydrogen-bond acceptors (Lipinski definition) is 5. The Morgan fingerprint density at radius 2 is 1.88 bits per heavy atom. The first kappa shape index (κ1) is 19.0. The summed E-state index contributed by atoms with van der Waals surface area (Å²) in [7, 11) is 3.42. The van der Waals surface area contributed by atoms with Crippen LogP contribution in [0.3, 0.4) is 0 Å². The molecule has 2 fully saturated rings. The third-order valence-electron chi connectivity index (χ3n) is 5.68. The molecule has 26 heavy (non-hydrogen) atoms. The van der Waals surface area contributed by atoms with Crippen LogP contribution in [0.25, 0.3) is 0 Å². The van der Waals surface area contributed by atoms with E-state index in [-0.39, 0.29) is 5.91 Å². The van der Waals surface area contributed by atoms with Crippen molar-refractivity contribution in [1.29, 1.82) is 0 Å². The SMILES string of the molecule is CNC(=O)CCN1CCC[C@H](N2CCN(c3ccc(OC)cc3)CC2)C1. The molecule has 1 N–H and O–H groups in total. The zero-order valence-corrected chi connectivity index (χ0v) is 16.1. The lowest BCUT2D eigenvalue weighted by Gasteiger charge is -2.44. The van der Waals surface area contributed by atoms with Gasteiger partial charge < -0.3 is 19.9 Å². The minimum atomic E-state index is 0.139. The number of nitrogens with one attached hydrogen (secondary N) is 1. The summed E-state index contributed by atoms with van der Waals surface area (Å²) in [5, 5.41) is 2.72. The molecule has 0 aromatic heterocycles. The smallest absolute Gasteiger partial charge is 0.221 e. The molecular weight excluding hydrogens is 328 g/mol. The second-order valence-corrected chi connectivity index (χ2v) is 7.24. The van der Waals surface area contributed by atoms with Crippen molar-refractivity contribution in [2.24, 2.45) is 0 Å². The van der Waals surface area contributed by atoms with Crippen molar-refractivity contribution in [3.63, 3.8) is 0 Å². The van der Waals surface area contributed by atoms with Crippen molar-refractivity contribution >= 4 is 11.6 Å². The van der Waals surface area contributed by atoms with Gasteiger partial charge in [-0.05, 0) is 43.7 Å². The number of carbonyl (C=O) groups is 1. The van der Waals surface area contributed by atoms with Crippen LogP contribution in [-0.4, -0.2) is 81.7 Å². The monoisotopic (exact) mass is 360 g/mol. The molecule has 2 heterocycles. The van der Waals surface area contributed by atoms with Crippen molar-refractivity contribution in [3.05, 3.63) is 24.3 Å². The Labute approximate surface area is 157 Å². The normalized spacial score (nSPS) is 22.2. The minimum absolute atomic E-state index is 0.139. The van der Waals surface area contributed by atoms with E-state index in [1.807, 2.05) is 12.1 Å². The number of nitrogens with zero attached hydrogens (tertiary/aromatic N) is 3. The lowest BCUT2D eigenvalue weighted by Crippen LogP contribution is -2.55. The molecule has 2 aliphatic heterocycles. The van der Waals surface area contributed by atoms with Crippen LogP contribution in [-0.2, 0) is 4.79 Å². The van der Waals surface area contributed by atoms with Crippen LogP contribution < -0.4 is 15.0 Å². The van der Waals surface area contributed by atoms with Gasteiger partial charge in [0.05, 0.1) is 7.11 Å². The van der Waals surface area contributed by atoms with Crippen LogP contribution in [0.5, 0.6) is 5.75 Å². The molecule has 1 atom stereocenters. The van der Waals surface area contributed by atoms with Gasteiger partial charge in [-0.25, -0.2) is 0 Å². The molecule has 0 spiro atoms. The van der Waals surface area contributed by atoms with E-state index < -0.39 is 0 Å². The van der Waals surface area contributed by atoms with E-state index in [1.54, 1.807) is 14.2 Å². The van der Waals surface area contributed by atoms with E-state index in [4.69, 9.17) is 4.74 Å². The highest BCUT2D eigenvalue weighted by Crippen LogP contribution is 2.23. The van der Waals surface area contributed by atoms with Gasteiger partial charge in [-0.3, -0.25) is 9.69 Å². The highest BCUT2D eigenvalue weighted by molar-refractivity contribution is 5.75. The van der Waals surface area contributed by atoms with Crippen LogP contribution in [0, 0.1) is 0 Å². The number of methoxy groups -OCH3 is 1. The highest BCUT2D eigenvalue weighted by Gasteiger charge is 2.28. The molecule has 0 bridgehead atoms. The molecule has 1 aromatic rings. The standard InChI is InChI=1S/C20H32N4O2/c1-21-20(25)9-11-22-10-3-4-18(16-22)24-14-12-23(13-15-24)17-5-7-19(26-2)8-6-17/h5-8,18H,3-4,9-16H2,1-2H3,(H,21,25)/t18-/m0/s1. The molecule has 1 aromatic carbocycles. The van der Waals surface area contributed by atoms with E-state index in [1.165, 1.54) is 18.5 Å². The summed E-state index contributed by atoms with van der Waals surface area (Å²) in [6.07, 6.45) is 3.12. The number of amides is 1. The molecular formula is C20H32N4O2. The maximum Gasteiger partial charge on any atom is 0.221 e. The molecule has 2 saturated heterocycles. The average molecular weight is 361 g/mol. The molecule has 144 valence electrons. The summed E-state index contributed by atoms with van der Waals surface area (Å²) in [6.45, 7) is 7.46. The molecule has 1 amide bonds. The maximum absolute atomic E-state index is 11.5. The molecule has 0 unspecified atom stereocenters. The van der Waals surface area contributed by atoms with Crippen molar-refractivity contribution < 1.29 is 9.53 Å². The van der Waals surface area contributed by atoms with Crippen LogP contribution in [0.15, 0.2) is 24.3 Å². The van der Waals surface area contributed by atoms with Crippen LogP contribution in [0.1, 0.15) is 19.3 Å². The number of anilines is 1. The number of piperazine rings is 1. The van der Waals surface area contributed by atoms with Gasteiger partial charge in [0.15, 0.2) is 0 Å². The fourth-order valence-corrected chi connectivity index (χ4v) is 4.06. The van der Waals surface area contributed by atoms with E-state index in [2.05, 4.69) is 32.1 Å². The Hall–Kier alpha value is -1.79. The first-order valence-corrected chi connectivity index (χ1v) is 9.75. The van der Waals surface area contributed by atoms with Gasteiger partial charge in [0, 0.05) is 64.5 Å². The number of carbonyl (C=O) groups excluding carboxylic acids is 1. The Balaban J connectivity index is 1.47. The summed E-state index contributed by atoms with van der Waals surface area (Å²) in [5.74, 6) is 1.05. The van der Waals surface area contributed by atoms with E-state index in [9.17, 15) is 4.79 Å². The molecule has 2 aliphatic rings. The Morgan fingerprint density at radius 3 is 2.54 bits per heavy atom. The topological polar surface area (TPSA) is 48.1 Å². The van der Waals surface area contributed by atoms with E-state index in [0.29, 0.717) is 12.5 Å².